The van der Waals surface area contributed by atoms with E-state index >= 15 is 0 Å². The molecule has 0 saturated heterocycles. The molecule has 5 rings (SSSR count). The van der Waals surface area contributed by atoms with Gasteiger partial charge >= 0.3 is 0 Å². The number of aryl methyl sites for hydroxylation is 1. The van der Waals surface area contributed by atoms with Gasteiger partial charge in [0, 0.05) is 42.4 Å². The molecule has 0 unspecified atom stereocenters. The molecule has 0 aliphatic heterocycles. The fourth-order valence-electron chi connectivity index (χ4n) is 3.30. The van der Waals surface area contributed by atoms with Crippen LogP contribution in [0.2, 0.25) is 0 Å². The Morgan fingerprint density at radius 1 is 1.03 bits per heavy atom. The van der Waals surface area contributed by atoms with Gasteiger partial charge in [-0.15, -0.1) is 11.3 Å². The van der Waals surface area contributed by atoms with E-state index in [1.54, 1.807) is 29.9 Å². The average Bonchev–Trinajstić information content (AvgIpc) is 3.49. The number of pyridine rings is 1. The summed E-state index contributed by atoms with van der Waals surface area (Å²) in [4.78, 5) is 14.0. The Balaban J connectivity index is 1.54. The van der Waals surface area contributed by atoms with Crippen molar-refractivity contribution in [2.24, 2.45) is 4.99 Å². The van der Waals surface area contributed by atoms with E-state index in [0.717, 1.165) is 52.4 Å². The van der Waals surface area contributed by atoms with Crippen LogP contribution in [0.15, 0.2) is 88.4 Å². The molecule has 1 aromatic carbocycles. The first-order chi connectivity index (χ1) is 14.4. The fraction of sp³-hybridized carbons (Fsp3) is 0.136. The number of benzene rings is 1. The summed E-state index contributed by atoms with van der Waals surface area (Å²) in [5.74, 6) is 0.859. The van der Waals surface area contributed by atoms with Crippen LogP contribution in [-0.2, 0) is 13.1 Å². The van der Waals surface area contributed by atoms with Crippen molar-refractivity contribution in [1.29, 1.82) is 0 Å². The maximum atomic E-state index is 6.13. The van der Waals surface area contributed by atoms with E-state index in [1.165, 1.54) is 0 Å². The second-order valence-electron chi connectivity index (χ2n) is 6.68. The Bertz CT molecular complexity index is 1250. The van der Waals surface area contributed by atoms with E-state index in [-0.39, 0.29) is 0 Å². The molecule has 0 atom stereocenters. The smallest absolute Gasteiger partial charge is 0.190 e. The van der Waals surface area contributed by atoms with Crippen molar-refractivity contribution in [3.05, 3.63) is 83.8 Å². The molecule has 4 aromatic heterocycles. The Kier molecular flexibility index (Phi) is 4.80. The SMILES string of the molecule is c1cncc(N=c2scc(-c3cc4ccccc4o3)n2CCCn2ccnc2)c1. The van der Waals surface area contributed by atoms with Crippen LogP contribution >= 0.6 is 11.3 Å². The number of hydrogen-bond donors (Lipinski definition) is 0. The summed E-state index contributed by atoms with van der Waals surface area (Å²) < 4.78 is 10.4. The summed E-state index contributed by atoms with van der Waals surface area (Å²) in [6.07, 6.45) is 10.1. The highest BCUT2D eigenvalue weighted by Crippen LogP contribution is 2.28. The molecule has 0 amide bonds. The molecule has 6 nitrogen and oxygen atoms in total. The van der Waals surface area contributed by atoms with Gasteiger partial charge in [-0.1, -0.05) is 18.2 Å². The number of rotatable bonds is 6. The Morgan fingerprint density at radius 3 is 2.83 bits per heavy atom. The third-order valence-electron chi connectivity index (χ3n) is 4.70. The maximum absolute atomic E-state index is 6.13. The van der Waals surface area contributed by atoms with Gasteiger partial charge in [0.2, 0.25) is 0 Å². The van der Waals surface area contributed by atoms with Crippen LogP contribution in [0, 0.1) is 0 Å². The average molecular weight is 401 g/mol. The number of aromatic nitrogens is 4. The molecule has 0 aliphatic carbocycles. The summed E-state index contributed by atoms with van der Waals surface area (Å²) in [5, 5.41) is 3.22. The van der Waals surface area contributed by atoms with E-state index in [4.69, 9.17) is 9.41 Å². The monoisotopic (exact) mass is 401 g/mol. The molecule has 0 saturated carbocycles. The summed E-state index contributed by atoms with van der Waals surface area (Å²) >= 11 is 1.61. The lowest BCUT2D eigenvalue weighted by molar-refractivity contribution is 0.549. The number of thiazole rings is 1. The van der Waals surface area contributed by atoms with Gasteiger partial charge in [-0.2, -0.15) is 0 Å². The van der Waals surface area contributed by atoms with Gasteiger partial charge in [0.05, 0.1) is 23.9 Å². The zero-order chi connectivity index (χ0) is 19.5. The largest absolute Gasteiger partial charge is 0.454 e. The molecule has 0 aliphatic rings. The van der Waals surface area contributed by atoms with E-state index < -0.39 is 0 Å². The van der Waals surface area contributed by atoms with Crippen molar-refractivity contribution in [3.63, 3.8) is 0 Å². The number of furan rings is 1. The second-order valence-corrected chi connectivity index (χ2v) is 7.52. The minimum absolute atomic E-state index is 0.827. The number of para-hydroxylation sites is 1. The normalized spacial score (nSPS) is 12.1. The van der Waals surface area contributed by atoms with Gasteiger partial charge in [-0.3, -0.25) is 4.98 Å². The van der Waals surface area contributed by atoms with E-state index in [9.17, 15) is 0 Å². The zero-order valence-electron chi connectivity index (χ0n) is 15.7. The molecule has 0 spiro atoms. The first-order valence-electron chi connectivity index (χ1n) is 9.44. The summed E-state index contributed by atoms with van der Waals surface area (Å²) in [6, 6.07) is 14.0. The van der Waals surface area contributed by atoms with Gasteiger partial charge in [0.25, 0.3) is 0 Å². The highest BCUT2D eigenvalue weighted by Gasteiger charge is 2.13. The first kappa shape index (κ1) is 17.6. The van der Waals surface area contributed by atoms with Gasteiger partial charge in [0.1, 0.15) is 5.58 Å². The van der Waals surface area contributed by atoms with Crippen molar-refractivity contribution in [2.75, 3.05) is 0 Å². The number of nitrogens with zero attached hydrogens (tertiary/aromatic N) is 5. The molecular formula is C22H19N5OS. The third-order valence-corrected chi connectivity index (χ3v) is 5.57. The van der Waals surface area contributed by atoms with Crippen molar-refractivity contribution in [3.8, 4) is 11.5 Å². The minimum atomic E-state index is 0.827. The highest BCUT2D eigenvalue weighted by atomic mass is 32.1. The van der Waals surface area contributed by atoms with Crippen LogP contribution in [-0.4, -0.2) is 19.1 Å². The quantitative estimate of drug-likeness (QED) is 0.407. The molecule has 144 valence electrons. The molecule has 0 radical (unpaired) electrons. The Labute approximate surface area is 171 Å². The van der Waals surface area contributed by atoms with Crippen molar-refractivity contribution in [1.82, 2.24) is 19.1 Å². The van der Waals surface area contributed by atoms with E-state index in [2.05, 4.69) is 36.6 Å². The molecule has 7 heteroatoms. The number of fused-ring (bicyclic) bond motifs is 1. The molecule has 29 heavy (non-hydrogen) atoms. The highest BCUT2D eigenvalue weighted by molar-refractivity contribution is 7.07. The predicted molar refractivity (Wildman–Crippen MR) is 114 cm³/mol. The maximum Gasteiger partial charge on any atom is 0.190 e. The standard InChI is InChI=1S/C22H19N5OS/c1-2-7-20-17(5-1)13-21(28-20)19-15-29-22(25-18-6-3-8-23-14-18)27(19)11-4-10-26-12-9-24-16-26/h1-3,5-9,12-16H,4,10-11H2. The van der Waals surface area contributed by atoms with Crippen molar-refractivity contribution < 1.29 is 4.42 Å². The Morgan fingerprint density at radius 2 is 2.00 bits per heavy atom. The number of hydrogen-bond acceptors (Lipinski definition) is 5. The van der Waals surface area contributed by atoms with Crippen LogP contribution in [0.5, 0.6) is 0 Å². The first-order valence-corrected chi connectivity index (χ1v) is 10.3. The van der Waals surface area contributed by atoms with Gasteiger partial charge in [0.15, 0.2) is 10.6 Å². The molecule has 4 heterocycles. The minimum Gasteiger partial charge on any atom is -0.454 e. The summed E-state index contributed by atoms with van der Waals surface area (Å²) in [5.41, 5.74) is 2.78. The lowest BCUT2D eigenvalue weighted by Crippen LogP contribution is -2.17. The Hall–Kier alpha value is -3.45. The van der Waals surface area contributed by atoms with Crippen LogP contribution in [0.25, 0.3) is 22.4 Å². The third kappa shape index (κ3) is 3.77. The summed E-state index contributed by atoms with van der Waals surface area (Å²) in [6.45, 7) is 1.72. The van der Waals surface area contributed by atoms with Crippen LogP contribution in [0.4, 0.5) is 5.69 Å². The molecule has 0 fully saturated rings. The lowest BCUT2D eigenvalue weighted by Gasteiger charge is -2.08. The molecule has 0 N–H and O–H groups in total. The van der Waals surface area contributed by atoms with Gasteiger partial charge < -0.3 is 13.6 Å². The molecular weight excluding hydrogens is 382 g/mol. The van der Waals surface area contributed by atoms with Gasteiger partial charge in [-0.05, 0) is 30.7 Å². The van der Waals surface area contributed by atoms with E-state index in [0.29, 0.717) is 0 Å². The number of imidazole rings is 1. The van der Waals surface area contributed by atoms with Crippen molar-refractivity contribution in [2.45, 2.75) is 19.5 Å². The predicted octanol–water partition coefficient (Wildman–Crippen LogP) is 4.88. The lowest BCUT2D eigenvalue weighted by atomic mass is 10.2. The topological polar surface area (TPSA) is 61.1 Å². The van der Waals surface area contributed by atoms with Crippen LogP contribution in [0.3, 0.4) is 0 Å². The fourth-order valence-corrected chi connectivity index (χ4v) is 4.24. The van der Waals surface area contributed by atoms with Gasteiger partial charge in [-0.25, -0.2) is 9.98 Å². The molecule has 0 bridgehead atoms. The second kappa shape index (κ2) is 7.89. The van der Waals surface area contributed by atoms with Crippen LogP contribution in [0.1, 0.15) is 6.42 Å². The summed E-state index contributed by atoms with van der Waals surface area (Å²) in [7, 11) is 0. The molecule has 5 aromatic rings. The van der Waals surface area contributed by atoms with Crippen LogP contribution < -0.4 is 4.80 Å². The van der Waals surface area contributed by atoms with Crippen molar-refractivity contribution >= 4 is 28.0 Å². The van der Waals surface area contributed by atoms with E-state index in [1.807, 2.05) is 42.9 Å². The zero-order valence-corrected chi connectivity index (χ0v) is 16.5.